The molecule has 1 aliphatic rings. The zero-order chi connectivity index (χ0) is 14.0. The van der Waals surface area contributed by atoms with Gasteiger partial charge in [0.1, 0.15) is 5.75 Å². The summed E-state index contributed by atoms with van der Waals surface area (Å²) >= 11 is 12.3. The van der Waals surface area contributed by atoms with E-state index in [0.29, 0.717) is 21.4 Å². The van der Waals surface area contributed by atoms with E-state index in [0.717, 1.165) is 25.7 Å². The van der Waals surface area contributed by atoms with Gasteiger partial charge in [-0.15, -0.1) is 0 Å². The number of Topliss-reactive ketones (excluding diaryl/α,β-unsaturated/α-hetero) is 1. The van der Waals surface area contributed by atoms with Crippen LogP contribution in [0.5, 0.6) is 5.75 Å². The average Bonchev–Trinajstić information content (AvgIpc) is 2.41. The molecule has 0 aliphatic heterocycles. The summed E-state index contributed by atoms with van der Waals surface area (Å²) in [5, 5.41) is 0.840. The van der Waals surface area contributed by atoms with E-state index in [1.807, 2.05) is 6.92 Å². The highest BCUT2D eigenvalue weighted by atomic mass is 35.5. The molecule has 2 rings (SSSR count). The molecule has 0 unspecified atom stereocenters. The van der Waals surface area contributed by atoms with Crippen LogP contribution in [0.3, 0.4) is 0 Å². The minimum absolute atomic E-state index is 0.0988. The van der Waals surface area contributed by atoms with Gasteiger partial charge in [-0.2, -0.15) is 0 Å². The molecule has 104 valence electrons. The predicted octanol–water partition coefficient (Wildman–Crippen LogP) is 5.16. The first-order chi connectivity index (χ1) is 8.98. The van der Waals surface area contributed by atoms with E-state index in [1.165, 1.54) is 13.5 Å². The fraction of sp³-hybridized carbons (Fsp3) is 0.533. The number of methoxy groups -OCH3 is 1. The lowest BCUT2D eigenvalue weighted by Crippen LogP contribution is -2.30. The van der Waals surface area contributed by atoms with E-state index < -0.39 is 0 Å². The van der Waals surface area contributed by atoms with Gasteiger partial charge >= 0.3 is 0 Å². The predicted molar refractivity (Wildman–Crippen MR) is 78.5 cm³/mol. The Bertz CT molecular complexity index is 491. The number of benzene rings is 1. The average molecular weight is 301 g/mol. The standard InChI is InChI=1S/C15H18Cl2O2/c1-15(6-4-3-5-7-15)14(18)10-8-12(17)13(19-2)9-11(10)16/h8-9H,3-7H2,1-2H3. The Kier molecular flexibility index (Phi) is 4.42. The second kappa shape index (κ2) is 5.72. The fourth-order valence-electron chi connectivity index (χ4n) is 2.74. The van der Waals surface area contributed by atoms with E-state index in [1.54, 1.807) is 12.1 Å². The van der Waals surface area contributed by atoms with Crippen molar-refractivity contribution in [1.29, 1.82) is 0 Å². The van der Waals surface area contributed by atoms with Crippen LogP contribution in [0.2, 0.25) is 10.0 Å². The minimum Gasteiger partial charge on any atom is -0.495 e. The summed E-state index contributed by atoms with van der Waals surface area (Å²) in [7, 11) is 1.53. The molecule has 0 aromatic heterocycles. The molecule has 1 saturated carbocycles. The molecule has 1 fully saturated rings. The van der Waals surface area contributed by atoms with E-state index >= 15 is 0 Å². The molecule has 1 aromatic carbocycles. The van der Waals surface area contributed by atoms with Crippen LogP contribution in [0.25, 0.3) is 0 Å². The highest BCUT2D eigenvalue weighted by Crippen LogP contribution is 2.41. The number of hydrogen-bond acceptors (Lipinski definition) is 2. The third-order valence-corrected chi connectivity index (χ3v) is 4.60. The second-order valence-electron chi connectivity index (χ2n) is 5.42. The number of halogens is 2. The molecule has 1 aliphatic carbocycles. The van der Waals surface area contributed by atoms with Crippen molar-refractivity contribution in [2.24, 2.45) is 5.41 Å². The molecule has 0 N–H and O–H groups in total. The monoisotopic (exact) mass is 300 g/mol. The van der Waals surface area contributed by atoms with Crippen molar-refractivity contribution in [2.45, 2.75) is 39.0 Å². The number of rotatable bonds is 3. The highest BCUT2D eigenvalue weighted by molar-refractivity contribution is 6.37. The molecular weight excluding hydrogens is 283 g/mol. The molecular formula is C15H18Cl2O2. The quantitative estimate of drug-likeness (QED) is 0.721. The molecule has 0 saturated heterocycles. The fourth-order valence-corrected chi connectivity index (χ4v) is 3.22. The molecule has 4 heteroatoms. The maximum absolute atomic E-state index is 12.7. The largest absolute Gasteiger partial charge is 0.495 e. The second-order valence-corrected chi connectivity index (χ2v) is 6.23. The smallest absolute Gasteiger partial charge is 0.170 e. The van der Waals surface area contributed by atoms with Gasteiger partial charge in [-0.05, 0) is 18.9 Å². The van der Waals surface area contributed by atoms with Gasteiger partial charge in [0, 0.05) is 17.0 Å². The van der Waals surface area contributed by atoms with Crippen molar-refractivity contribution < 1.29 is 9.53 Å². The van der Waals surface area contributed by atoms with Crippen LogP contribution in [0, 0.1) is 5.41 Å². The van der Waals surface area contributed by atoms with Crippen molar-refractivity contribution in [3.63, 3.8) is 0 Å². The number of ketones is 1. The minimum atomic E-state index is -0.306. The Labute approximate surface area is 124 Å². The summed E-state index contributed by atoms with van der Waals surface area (Å²) in [5.74, 6) is 0.596. The Morgan fingerprint density at radius 3 is 2.37 bits per heavy atom. The van der Waals surface area contributed by atoms with Gasteiger partial charge in [0.15, 0.2) is 5.78 Å². The van der Waals surface area contributed by atoms with E-state index in [-0.39, 0.29) is 11.2 Å². The van der Waals surface area contributed by atoms with Crippen LogP contribution >= 0.6 is 23.2 Å². The van der Waals surface area contributed by atoms with Crippen molar-refractivity contribution in [2.75, 3.05) is 7.11 Å². The topological polar surface area (TPSA) is 26.3 Å². The zero-order valence-electron chi connectivity index (χ0n) is 11.3. The lowest BCUT2D eigenvalue weighted by molar-refractivity contribution is 0.0749. The number of ether oxygens (including phenoxy) is 1. The Morgan fingerprint density at radius 2 is 1.79 bits per heavy atom. The van der Waals surface area contributed by atoms with Crippen LogP contribution in [0.4, 0.5) is 0 Å². The van der Waals surface area contributed by atoms with Gasteiger partial charge in [-0.3, -0.25) is 4.79 Å². The van der Waals surface area contributed by atoms with Crippen molar-refractivity contribution in [3.05, 3.63) is 27.7 Å². The molecule has 0 atom stereocenters. The Morgan fingerprint density at radius 1 is 1.16 bits per heavy atom. The molecule has 2 nitrogen and oxygen atoms in total. The van der Waals surface area contributed by atoms with Gasteiger partial charge in [0.2, 0.25) is 0 Å². The van der Waals surface area contributed by atoms with Crippen molar-refractivity contribution >= 4 is 29.0 Å². The molecule has 19 heavy (non-hydrogen) atoms. The molecule has 0 bridgehead atoms. The molecule has 0 heterocycles. The number of hydrogen-bond donors (Lipinski definition) is 0. The number of carbonyl (C=O) groups is 1. The van der Waals surface area contributed by atoms with Crippen LogP contribution in [0.1, 0.15) is 49.4 Å². The normalized spacial score (nSPS) is 18.1. The molecule has 0 radical (unpaired) electrons. The van der Waals surface area contributed by atoms with Crippen LogP contribution in [0.15, 0.2) is 12.1 Å². The number of carbonyl (C=O) groups excluding carboxylic acids is 1. The molecule has 0 amide bonds. The summed E-state index contributed by atoms with van der Waals surface area (Å²) < 4.78 is 5.10. The summed E-state index contributed by atoms with van der Waals surface area (Å²) in [6.07, 6.45) is 5.26. The van der Waals surface area contributed by atoms with Crippen LogP contribution < -0.4 is 4.74 Å². The summed E-state index contributed by atoms with van der Waals surface area (Å²) in [4.78, 5) is 12.7. The Hall–Kier alpha value is -0.730. The molecule has 0 spiro atoms. The highest BCUT2D eigenvalue weighted by Gasteiger charge is 2.36. The van der Waals surface area contributed by atoms with Crippen molar-refractivity contribution in [3.8, 4) is 5.75 Å². The van der Waals surface area contributed by atoms with E-state index in [9.17, 15) is 4.79 Å². The summed E-state index contributed by atoms with van der Waals surface area (Å²) in [6, 6.07) is 3.24. The molecule has 1 aromatic rings. The maximum Gasteiger partial charge on any atom is 0.170 e. The zero-order valence-corrected chi connectivity index (χ0v) is 12.8. The van der Waals surface area contributed by atoms with Crippen LogP contribution in [-0.4, -0.2) is 12.9 Å². The summed E-state index contributed by atoms with van der Waals surface area (Å²) in [5.41, 5.74) is 0.205. The lowest BCUT2D eigenvalue weighted by atomic mass is 9.71. The van der Waals surface area contributed by atoms with Gasteiger partial charge in [0.25, 0.3) is 0 Å². The van der Waals surface area contributed by atoms with E-state index in [2.05, 4.69) is 0 Å². The van der Waals surface area contributed by atoms with Gasteiger partial charge in [0.05, 0.1) is 17.2 Å². The first-order valence-corrected chi connectivity index (χ1v) is 7.31. The van der Waals surface area contributed by atoms with Gasteiger partial charge in [-0.25, -0.2) is 0 Å². The lowest BCUT2D eigenvalue weighted by Gasteiger charge is -2.32. The third-order valence-electron chi connectivity index (χ3n) is 3.99. The van der Waals surface area contributed by atoms with Crippen LogP contribution in [-0.2, 0) is 0 Å². The Balaban J connectivity index is 2.36. The van der Waals surface area contributed by atoms with Gasteiger partial charge < -0.3 is 4.74 Å². The van der Waals surface area contributed by atoms with E-state index in [4.69, 9.17) is 27.9 Å². The van der Waals surface area contributed by atoms with Crippen molar-refractivity contribution in [1.82, 2.24) is 0 Å². The maximum atomic E-state index is 12.7. The first-order valence-electron chi connectivity index (χ1n) is 6.56. The first kappa shape index (κ1) is 14.7. The van der Waals surface area contributed by atoms with Gasteiger partial charge in [-0.1, -0.05) is 49.4 Å². The SMILES string of the molecule is COc1cc(Cl)c(C(=O)C2(C)CCCCC2)cc1Cl. The summed E-state index contributed by atoms with van der Waals surface area (Å²) in [6.45, 7) is 2.03. The third kappa shape index (κ3) is 2.90.